The van der Waals surface area contributed by atoms with E-state index in [0.717, 1.165) is 6.07 Å². The summed E-state index contributed by atoms with van der Waals surface area (Å²) in [7, 11) is -1.87. The van der Waals surface area contributed by atoms with E-state index in [0.29, 0.717) is 5.39 Å². The van der Waals surface area contributed by atoms with Crippen molar-refractivity contribution in [3.05, 3.63) is 36.4 Å². The normalized spacial score (nSPS) is 11.6. The predicted molar refractivity (Wildman–Crippen MR) is 60.5 cm³/mol. The number of benzene rings is 2. The highest BCUT2D eigenvalue weighted by Gasteiger charge is 2.32. The zero-order valence-corrected chi connectivity index (χ0v) is 8.98. The highest BCUT2D eigenvalue weighted by Crippen LogP contribution is 2.29. The van der Waals surface area contributed by atoms with Crippen molar-refractivity contribution in [1.29, 1.82) is 0 Å². The summed E-state index contributed by atoms with van der Waals surface area (Å²) in [6, 6.07) is 8.50. The molecule has 2 rings (SSSR count). The fourth-order valence-electron chi connectivity index (χ4n) is 1.76. The van der Waals surface area contributed by atoms with Gasteiger partial charge in [-0.15, -0.1) is 13.2 Å². The SMILES string of the molecule is OB(O)c1cccc2cccc(OC(F)(F)F)c12. The van der Waals surface area contributed by atoms with Crippen LogP contribution in [0, 0.1) is 0 Å². The molecular weight excluding hydrogens is 248 g/mol. The van der Waals surface area contributed by atoms with Crippen LogP contribution in [0.5, 0.6) is 5.75 Å². The van der Waals surface area contributed by atoms with Crippen molar-refractivity contribution < 1.29 is 28.0 Å². The van der Waals surface area contributed by atoms with Crippen molar-refractivity contribution in [2.24, 2.45) is 0 Å². The maximum atomic E-state index is 12.3. The first-order valence-corrected chi connectivity index (χ1v) is 5.02. The van der Waals surface area contributed by atoms with E-state index in [2.05, 4.69) is 4.74 Å². The second-order valence-electron chi connectivity index (χ2n) is 3.62. The smallest absolute Gasteiger partial charge is 0.423 e. The lowest BCUT2D eigenvalue weighted by Crippen LogP contribution is -2.31. The molecule has 0 heterocycles. The van der Waals surface area contributed by atoms with Gasteiger partial charge in [0, 0.05) is 5.39 Å². The van der Waals surface area contributed by atoms with Gasteiger partial charge in [-0.25, -0.2) is 0 Å². The van der Waals surface area contributed by atoms with E-state index in [-0.39, 0.29) is 10.8 Å². The van der Waals surface area contributed by atoms with E-state index < -0.39 is 19.2 Å². The van der Waals surface area contributed by atoms with Crippen molar-refractivity contribution in [1.82, 2.24) is 0 Å². The van der Waals surface area contributed by atoms with Gasteiger partial charge < -0.3 is 14.8 Å². The highest BCUT2D eigenvalue weighted by atomic mass is 19.4. The molecule has 0 fully saturated rings. The summed E-state index contributed by atoms with van der Waals surface area (Å²) in [5.74, 6) is -0.455. The molecule has 0 bridgehead atoms. The van der Waals surface area contributed by atoms with E-state index in [4.69, 9.17) is 10.0 Å². The molecule has 18 heavy (non-hydrogen) atoms. The monoisotopic (exact) mass is 256 g/mol. The third-order valence-electron chi connectivity index (χ3n) is 2.40. The largest absolute Gasteiger partial charge is 0.573 e. The molecule has 0 spiro atoms. The second kappa shape index (κ2) is 4.51. The van der Waals surface area contributed by atoms with Gasteiger partial charge in [0.1, 0.15) is 5.75 Å². The number of hydrogen-bond acceptors (Lipinski definition) is 3. The Kier molecular flexibility index (Phi) is 3.19. The Balaban J connectivity index is 2.66. The van der Waals surface area contributed by atoms with Crippen LogP contribution in [0.4, 0.5) is 13.2 Å². The van der Waals surface area contributed by atoms with Gasteiger partial charge in [-0.3, -0.25) is 0 Å². The van der Waals surface area contributed by atoms with Gasteiger partial charge in [-0.1, -0.05) is 30.3 Å². The van der Waals surface area contributed by atoms with E-state index in [9.17, 15) is 13.2 Å². The Hall–Kier alpha value is -1.73. The Bertz CT molecular complexity index is 564. The van der Waals surface area contributed by atoms with Crippen LogP contribution in [0.3, 0.4) is 0 Å². The minimum absolute atomic E-state index is 0.0346. The van der Waals surface area contributed by atoms with Crippen molar-refractivity contribution in [3.63, 3.8) is 0 Å². The van der Waals surface area contributed by atoms with Crippen molar-refractivity contribution >= 4 is 23.4 Å². The molecule has 0 aromatic heterocycles. The zero-order valence-electron chi connectivity index (χ0n) is 8.98. The van der Waals surface area contributed by atoms with Gasteiger partial charge in [-0.2, -0.15) is 0 Å². The molecule has 0 unspecified atom stereocenters. The fourth-order valence-corrected chi connectivity index (χ4v) is 1.76. The van der Waals surface area contributed by atoms with Crippen LogP contribution in [-0.4, -0.2) is 23.5 Å². The zero-order chi connectivity index (χ0) is 13.3. The fraction of sp³-hybridized carbons (Fsp3) is 0.0909. The molecule has 0 atom stereocenters. The van der Waals surface area contributed by atoms with Crippen molar-refractivity contribution in [2.75, 3.05) is 0 Å². The maximum absolute atomic E-state index is 12.3. The number of hydrogen-bond donors (Lipinski definition) is 2. The molecule has 2 aromatic carbocycles. The standard InChI is InChI=1S/C11H8BF3O3/c13-11(14,15)18-9-6-2-4-7-3-1-5-8(10(7)9)12(16)17/h1-6,16-17H. The molecule has 0 aliphatic rings. The van der Waals surface area contributed by atoms with E-state index in [1.54, 1.807) is 12.1 Å². The first-order chi connectivity index (χ1) is 8.38. The molecule has 0 aliphatic heterocycles. The van der Waals surface area contributed by atoms with Crippen LogP contribution < -0.4 is 10.2 Å². The molecule has 0 aliphatic carbocycles. The van der Waals surface area contributed by atoms with Crippen LogP contribution >= 0.6 is 0 Å². The van der Waals surface area contributed by atoms with Gasteiger partial charge in [0.2, 0.25) is 0 Å². The lowest BCUT2D eigenvalue weighted by Gasteiger charge is -2.13. The lowest BCUT2D eigenvalue weighted by molar-refractivity contribution is -0.274. The summed E-state index contributed by atoms with van der Waals surface area (Å²) in [6.45, 7) is 0. The molecule has 2 aromatic rings. The number of fused-ring (bicyclic) bond motifs is 1. The van der Waals surface area contributed by atoms with Crippen LogP contribution in [0.2, 0.25) is 0 Å². The van der Waals surface area contributed by atoms with Gasteiger partial charge in [-0.05, 0) is 16.9 Å². The topological polar surface area (TPSA) is 49.7 Å². The van der Waals surface area contributed by atoms with Crippen LogP contribution in [0.1, 0.15) is 0 Å². The minimum Gasteiger partial charge on any atom is -0.423 e. The Labute approximate surface area is 101 Å². The van der Waals surface area contributed by atoms with Gasteiger partial charge in [0.15, 0.2) is 0 Å². The third kappa shape index (κ3) is 2.57. The molecule has 0 saturated carbocycles. The van der Waals surface area contributed by atoms with Gasteiger partial charge in [0.25, 0.3) is 0 Å². The van der Waals surface area contributed by atoms with E-state index in [1.165, 1.54) is 18.2 Å². The van der Waals surface area contributed by atoms with Crippen LogP contribution in [0.25, 0.3) is 10.8 Å². The summed E-state index contributed by atoms with van der Waals surface area (Å²) in [5, 5.41) is 18.8. The average Bonchev–Trinajstić information content (AvgIpc) is 2.26. The summed E-state index contributed by atoms with van der Waals surface area (Å²) in [6.07, 6.45) is -4.83. The summed E-state index contributed by atoms with van der Waals surface area (Å²) < 4.78 is 40.6. The maximum Gasteiger partial charge on any atom is 0.573 e. The summed E-state index contributed by atoms with van der Waals surface area (Å²) >= 11 is 0. The molecular formula is C11H8BF3O3. The van der Waals surface area contributed by atoms with E-state index >= 15 is 0 Å². The molecule has 94 valence electrons. The van der Waals surface area contributed by atoms with Gasteiger partial charge >= 0.3 is 13.5 Å². The summed E-state index contributed by atoms with van der Waals surface area (Å²) in [4.78, 5) is 0. The lowest BCUT2D eigenvalue weighted by atomic mass is 9.77. The number of ether oxygens (including phenoxy) is 1. The van der Waals surface area contributed by atoms with E-state index in [1.807, 2.05) is 0 Å². The first kappa shape index (κ1) is 12.7. The Morgan fingerprint density at radius 2 is 1.61 bits per heavy atom. The molecule has 0 radical (unpaired) electrons. The Morgan fingerprint density at radius 3 is 2.17 bits per heavy atom. The first-order valence-electron chi connectivity index (χ1n) is 5.02. The van der Waals surface area contributed by atoms with Crippen LogP contribution in [-0.2, 0) is 0 Å². The molecule has 2 N–H and O–H groups in total. The second-order valence-corrected chi connectivity index (χ2v) is 3.62. The highest BCUT2D eigenvalue weighted by molar-refractivity contribution is 6.62. The number of rotatable bonds is 2. The van der Waals surface area contributed by atoms with Crippen molar-refractivity contribution in [2.45, 2.75) is 6.36 Å². The molecule has 7 heteroatoms. The quantitative estimate of drug-likeness (QED) is 0.799. The Morgan fingerprint density at radius 1 is 1.00 bits per heavy atom. The molecule has 0 amide bonds. The summed E-state index contributed by atoms with van der Waals surface area (Å²) in [5.41, 5.74) is -0.0349. The van der Waals surface area contributed by atoms with Crippen LogP contribution in [0.15, 0.2) is 36.4 Å². The number of halogens is 3. The number of alkyl halides is 3. The molecule has 0 saturated heterocycles. The average molecular weight is 256 g/mol. The minimum atomic E-state index is -4.83. The molecule has 3 nitrogen and oxygen atoms in total. The van der Waals surface area contributed by atoms with Gasteiger partial charge in [0.05, 0.1) is 0 Å². The predicted octanol–water partition coefficient (Wildman–Crippen LogP) is 1.42. The van der Waals surface area contributed by atoms with Crippen molar-refractivity contribution in [3.8, 4) is 5.75 Å². The third-order valence-corrected chi connectivity index (χ3v) is 2.40.